The van der Waals surface area contributed by atoms with Crippen molar-refractivity contribution in [2.45, 2.75) is 13.8 Å². The molecule has 0 spiro atoms. The van der Waals surface area contributed by atoms with Gasteiger partial charge >= 0.3 is 0 Å². The summed E-state index contributed by atoms with van der Waals surface area (Å²) in [6.45, 7) is 4.67. The zero-order valence-electron chi connectivity index (χ0n) is 12.4. The molecule has 0 bridgehead atoms. The van der Waals surface area contributed by atoms with E-state index in [1.54, 1.807) is 18.2 Å². The number of pyridine rings is 1. The highest BCUT2D eigenvalue weighted by atomic mass is 35.5. The lowest BCUT2D eigenvalue weighted by atomic mass is 10.2. The van der Waals surface area contributed by atoms with Gasteiger partial charge in [0.1, 0.15) is 5.75 Å². The van der Waals surface area contributed by atoms with Crippen LogP contribution in [0.2, 0.25) is 5.02 Å². The lowest BCUT2D eigenvalue weighted by molar-refractivity contribution is 0.102. The van der Waals surface area contributed by atoms with E-state index in [1.165, 1.54) is 18.3 Å². The Morgan fingerprint density at radius 3 is 2.68 bits per heavy atom. The number of aromatic nitrogens is 1. The van der Waals surface area contributed by atoms with Gasteiger partial charge in [-0.15, -0.1) is 0 Å². The Balaban J connectivity index is 2.07. The lowest BCUT2D eigenvalue weighted by Crippen LogP contribution is -2.14. The quantitative estimate of drug-likeness (QED) is 0.887. The molecule has 0 aliphatic heterocycles. The van der Waals surface area contributed by atoms with Crippen molar-refractivity contribution in [1.82, 2.24) is 4.98 Å². The Labute approximate surface area is 133 Å². The van der Waals surface area contributed by atoms with E-state index in [2.05, 4.69) is 10.3 Å². The minimum absolute atomic E-state index is 0.258. The molecule has 6 heteroatoms. The fourth-order valence-corrected chi connectivity index (χ4v) is 1.94. The van der Waals surface area contributed by atoms with Gasteiger partial charge in [-0.1, -0.05) is 25.4 Å². The van der Waals surface area contributed by atoms with Crippen LogP contribution < -0.4 is 15.6 Å². The zero-order valence-corrected chi connectivity index (χ0v) is 13.1. The summed E-state index contributed by atoms with van der Waals surface area (Å²) in [6, 6.07) is 7.81. The summed E-state index contributed by atoms with van der Waals surface area (Å²) in [7, 11) is 0. The summed E-state index contributed by atoms with van der Waals surface area (Å²) >= 11 is 6.14. The van der Waals surface area contributed by atoms with Crippen LogP contribution in [0.4, 0.5) is 5.69 Å². The van der Waals surface area contributed by atoms with Crippen molar-refractivity contribution in [2.75, 3.05) is 11.9 Å². The number of rotatable bonds is 5. The molecule has 116 valence electrons. The number of anilines is 1. The van der Waals surface area contributed by atoms with E-state index in [1.807, 2.05) is 13.8 Å². The number of hydrogen-bond donors (Lipinski definition) is 2. The summed E-state index contributed by atoms with van der Waals surface area (Å²) in [5.41, 5.74) is 0.653. The molecule has 0 unspecified atom stereocenters. The minimum atomic E-state index is -0.330. The Hall–Kier alpha value is -2.27. The molecule has 2 N–H and O–H groups in total. The third-order valence-electron chi connectivity index (χ3n) is 2.81. The van der Waals surface area contributed by atoms with E-state index in [9.17, 15) is 9.59 Å². The molecule has 0 saturated heterocycles. The van der Waals surface area contributed by atoms with Crippen LogP contribution in [0.5, 0.6) is 5.75 Å². The van der Waals surface area contributed by atoms with Gasteiger partial charge in [0.15, 0.2) is 0 Å². The number of H-pyrrole nitrogens is 1. The van der Waals surface area contributed by atoms with Gasteiger partial charge in [-0.25, -0.2) is 0 Å². The molecule has 1 aromatic carbocycles. The van der Waals surface area contributed by atoms with E-state index >= 15 is 0 Å². The van der Waals surface area contributed by atoms with E-state index in [0.717, 1.165) is 0 Å². The standard InChI is InChI=1S/C16H17ClN2O3/c1-10(2)9-22-14-5-4-12(7-13(14)17)19-16(21)11-3-6-15(20)18-8-11/h3-8,10H,9H2,1-2H3,(H,18,20)(H,19,21). The van der Waals surface area contributed by atoms with Crippen LogP contribution in [0.25, 0.3) is 0 Å². The van der Waals surface area contributed by atoms with E-state index < -0.39 is 0 Å². The van der Waals surface area contributed by atoms with Crippen molar-refractivity contribution in [3.8, 4) is 5.75 Å². The van der Waals surface area contributed by atoms with Crippen molar-refractivity contribution in [2.24, 2.45) is 5.92 Å². The van der Waals surface area contributed by atoms with Gasteiger partial charge < -0.3 is 15.0 Å². The maximum Gasteiger partial charge on any atom is 0.257 e. The largest absolute Gasteiger partial charge is 0.492 e. The van der Waals surface area contributed by atoms with Crippen LogP contribution in [0.3, 0.4) is 0 Å². The van der Waals surface area contributed by atoms with E-state index in [0.29, 0.717) is 34.5 Å². The van der Waals surface area contributed by atoms with Crippen LogP contribution in [0.15, 0.2) is 41.3 Å². The molecule has 0 radical (unpaired) electrons. The molecule has 0 saturated carbocycles. The minimum Gasteiger partial charge on any atom is -0.492 e. The lowest BCUT2D eigenvalue weighted by Gasteiger charge is -2.12. The first kappa shape index (κ1) is 16.1. The number of halogens is 1. The summed E-state index contributed by atoms with van der Waals surface area (Å²) in [4.78, 5) is 25.5. The van der Waals surface area contributed by atoms with Crippen molar-refractivity contribution in [3.05, 3.63) is 57.5 Å². The third kappa shape index (κ3) is 4.36. The van der Waals surface area contributed by atoms with Gasteiger partial charge in [-0.2, -0.15) is 0 Å². The van der Waals surface area contributed by atoms with E-state index in [4.69, 9.17) is 16.3 Å². The normalized spacial score (nSPS) is 10.5. The Morgan fingerprint density at radius 2 is 2.09 bits per heavy atom. The van der Waals surface area contributed by atoms with Gasteiger partial charge in [0.05, 0.1) is 17.2 Å². The molecule has 0 fully saturated rings. The van der Waals surface area contributed by atoms with Crippen LogP contribution in [-0.2, 0) is 0 Å². The smallest absolute Gasteiger partial charge is 0.257 e. The second-order valence-electron chi connectivity index (χ2n) is 5.25. The van der Waals surface area contributed by atoms with Gasteiger partial charge in [0.25, 0.3) is 5.91 Å². The van der Waals surface area contributed by atoms with Gasteiger partial charge in [-0.3, -0.25) is 9.59 Å². The Bertz CT molecular complexity index is 705. The van der Waals surface area contributed by atoms with Gasteiger partial charge in [0, 0.05) is 18.0 Å². The molecule has 2 rings (SSSR count). The molecule has 2 aromatic rings. The predicted octanol–water partition coefficient (Wildman–Crippen LogP) is 3.32. The number of nitrogens with one attached hydrogen (secondary N) is 2. The Kier molecular flexibility index (Phi) is 5.22. The van der Waals surface area contributed by atoms with E-state index in [-0.39, 0.29) is 11.5 Å². The first-order valence-electron chi connectivity index (χ1n) is 6.88. The average Bonchev–Trinajstić information content (AvgIpc) is 2.47. The number of hydrogen-bond acceptors (Lipinski definition) is 3. The van der Waals surface area contributed by atoms with Crippen molar-refractivity contribution < 1.29 is 9.53 Å². The summed E-state index contributed by atoms with van der Waals surface area (Å²) in [5.74, 6) is 0.649. The molecule has 1 aromatic heterocycles. The highest BCUT2D eigenvalue weighted by Gasteiger charge is 2.09. The second-order valence-corrected chi connectivity index (χ2v) is 5.65. The molecule has 1 amide bonds. The number of carbonyl (C=O) groups is 1. The second kappa shape index (κ2) is 7.13. The van der Waals surface area contributed by atoms with Crippen LogP contribution in [0, 0.1) is 5.92 Å². The molecule has 0 aliphatic rings. The number of ether oxygens (including phenoxy) is 1. The van der Waals surface area contributed by atoms with Gasteiger partial charge in [0.2, 0.25) is 5.56 Å². The van der Waals surface area contributed by atoms with Crippen LogP contribution in [-0.4, -0.2) is 17.5 Å². The fraction of sp³-hybridized carbons (Fsp3) is 0.250. The van der Waals surface area contributed by atoms with Crippen LogP contribution >= 0.6 is 11.6 Å². The summed E-state index contributed by atoms with van der Waals surface area (Å²) in [5, 5.41) is 3.14. The molecule has 22 heavy (non-hydrogen) atoms. The molecule has 0 atom stereocenters. The molecular weight excluding hydrogens is 304 g/mol. The molecule has 0 aliphatic carbocycles. The maximum atomic E-state index is 12.0. The third-order valence-corrected chi connectivity index (χ3v) is 3.10. The highest BCUT2D eigenvalue weighted by molar-refractivity contribution is 6.32. The molecule has 1 heterocycles. The zero-order chi connectivity index (χ0) is 16.1. The van der Waals surface area contributed by atoms with Crippen molar-refractivity contribution in [3.63, 3.8) is 0 Å². The van der Waals surface area contributed by atoms with Crippen molar-refractivity contribution >= 4 is 23.2 Å². The number of amides is 1. The van der Waals surface area contributed by atoms with Gasteiger partial charge in [-0.05, 0) is 30.2 Å². The topological polar surface area (TPSA) is 71.2 Å². The maximum absolute atomic E-state index is 12.0. The molecule has 5 nitrogen and oxygen atoms in total. The average molecular weight is 321 g/mol. The number of benzene rings is 1. The Morgan fingerprint density at radius 1 is 1.32 bits per heavy atom. The fourth-order valence-electron chi connectivity index (χ4n) is 1.71. The van der Waals surface area contributed by atoms with Crippen molar-refractivity contribution in [1.29, 1.82) is 0 Å². The van der Waals surface area contributed by atoms with Crippen LogP contribution in [0.1, 0.15) is 24.2 Å². The highest BCUT2D eigenvalue weighted by Crippen LogP contribution is 2.28. The monoisotopic (exact) mass is 320 g/mol. The number of carbonyl (C=O) groups excluding carboxylic acids is 1. The first-order valence-corrected chi connectivity index (χ1v) is 7.26. The predicted molar refractivity (Wildman–Crippen MR) is 86.8 cm³/mol. The molecular formula is C16H17ClN2O3. The number of aromatic amines is 1. The summed E-state index contributed by atoms with van der Waals surface area (Å²) in [6.07, 6.45) is 1.36. The first-order chi connectivity index (χ1) is 10.5. The summed E-state index contributed by atoms with van der Waals surface area (Å²) < 4.78 is 5.57. The SMILES string of the molecule is CC(C)COc1ccc(NC(=O)c2ccc(=O)[nH]c2)cc1Cl.